The summed E-state index contributed by atoms with van der Waals surface area (Å²) in [5.74, 6) is -0.618. The highest BCUT2D eigenvalue weighted by molar-refractivity contribution is 6.33. The molecule has 0 aromatic heterocycles. The Labute approximate surface area is 140 Å². The Morgan fingerprint density at radius 2 is 1.74 bits per heavy atom. The van der Waals surface area contributed by atoms with Gasteiger partial charge in [0.1, 0.15) is 0 Å². The molecule has 0 saturated heterocycles. The molecule has 2 aromatic carbocycles. The van der Waals surface area contributed by atoms with Crippen molar-refractivity contribution in [3.63, 3.8) is 0 Å². The molecule has 2 rings (SSSR count). The van der Waals surface area contributed by atoms with Gasteiger partial charge in [-0.15, -0.1) is 0 Å². The Kier molecular flexibility index (Phi) is 5.77. The van der Waals surface area contributed by atoms with E-state index in [1.807, 2.05) is 38.1 Å². The van der Waals surface area contributed by atoms with Crippen LogP contribution in [-0.4, -0.2) is 18.4 Å². The van der Waals surface area contributed by atoms with E-state index in [1.165, 1.54) is 5.56 Å². The van der Waals surface area contributed by atoms with E-state index >= 15 is 0 Å². The summed E-state index contributed by atoms with van der Waals surface area (Å²) >= 11 is 5.95. The van der Waals surface area contributed by atoms with Crippen LogP contribution in [0.4, 0.5) is 0 Å². The highest BCUT2D eigenvalue weighted by Gasteiger charge is 2.13. The van der Waals surface area contributed by atoms with Crippen LogP contribution in [0.25, 0.3) is 0 Å². The largest absolute Gasteiger partial charge is 0.348 e. The topological polar surface area (TPSA) is 58.2 Å². The normalized spacial score (nSPS) is 11.6. The smallest absolute Gasteiger partial charge is 0.253 e. The molecule has 0 fully saturated rings. The molecule has 0 radical (unpaired) electrons. The molecule has 0 bridgehead atoms. The Morgan fingerprint density at radius 1 is 1.09 bits per heavy atom. The summed E-state index contributed by atoms with van der Waals surface area (Å²) in [6.07, 6.45) is 0. The van der Waals surface area contributed by atoms with Gasteiger partial charge in [-0.1, -0.05) is 53.6 Å². The molecule has 0 aliphatic rings. The monoisotopic (exact) mass is 330 g/mol. The first kappa shape index (κ1) is 17.0. The molecule has 0 saturated carbocycles. The molecule has 120 valence electrons. The van der Waals surface area contributed by atoms with Gasteiger partial charge in [-0.05, 0) is 31.5 Å². The van der Waals surface area contributed by atoms with Crippen molar-refractivity contribution in [2.45, 2.75) is 19.9 Å². The average Bonchev–Trinajstić information content (AvgIpc) is 2.53. The van der Waals surface area contributed by atoms with Crippen LogP contribution in [0.1, 0.15) is 34.5 Å². The van der Waals surface area contributed by atoms with E-state index in [0.717, 1.165) is 5.56 Å². The first-order valence-corrected chi connectivity index (χ1v) is 7.74. The minimum atomic E-state index is -0.367. The Hall–Kier alpha value is -2.33. The summed E-state index contributed by atoms with van der Waals surface area (Å²) < 4.78 is 0. The lowest BCUT2D eigenvalue weighted by Gasteiger charge is -2.15. The predicted molar refractivity (Wildman–Crippen MR) is 91.5 cm³/mol. The number of carbonyl (C=O) groups excluding carboxylic acids is 2. The fraction of sp³-hybridized carbons (Fsp3) is 0.222. The molecule has 1 unspecified atom stereocenters. The third kappa shape index (κ3) is 4.83. The number of halogens is 1. The second-order valence-corrected chi connectivity index (χ2v) is 5.77. The summed E-state index contributed by atoms with van der Waals surface area (Å²) in [6.45, 7) is 3.82. The lowest BCUT2D eigenvalue weighted by molar-refractivity contribution is -0.120. The maximum atomic E-state index is 12.0. The molecular formula is C18H19ClN2O2. The zero-order valence-electron chi connectivity index (χ0n) is 13.1. The van der Waals surface area contributed by atoms with Crippen molar-refractivity contribution in [1.82, 2.24) is 10.6 Å². The lowest BCUT2D eigenvalue weighted by Crippen LogP contribution is -2.38. The third-order valence-corrected chi connectivity index (χ3v) is 3.81. The van der Waals surface area contributed by atoms with Gasteiger partial charge in [-0.3, -0.25) is 9.59 Å². The molecular weight excluding hydrogens is 312 g/mol. The van der Waals surface area contributed by atoms with Crippen LogP contribution in [0.2, 0.25) is 5.02 Å². The van der Waals surface area contributed by atoms with Gasteiger partial charge in [0.2, 0.25) is 5.91 Å². The van der Waals surface area contributed by atoms with Crippen LogP contribution in [0.15, 0.2) is 48.5 Å². The minimum absolute atomic E-state index is 0.0970. The van der Waals surface area contributed by atoms with E-state index in [4.69, 9.17) is 11.6 Å². The van der Waals surface area contributed by atoms with E-state index in [-0.39, 0.29) is 24.4 Å². The minimum Gasteiger partial charge on any atom is -0.348 e. The number of carbonyl (C=O) groups is 2. The summed E-state index contributed by atoms with van der Waals surface area (Å²) in [5.41, 5.74) is 2.54. The number of amides is 2. The quantitative estimate of drug-likeness (QED) is 0.884. The second kappa shape index (κ2) is 7.79. The van der Waals surface area contributed by atoms with Crippen molar-refractivity contribution in [2.75, 3.05) is 6.54 Å². The van der Waals surface area contributed by atoms with Crippen molar-refractivity contribution in [2.24, 2.45) is 0 Å². The first-order chi connectivity index (χ1) is 11.0. The zero-order valence-corrected chi connectivity index (χ0v) is 13.9. The van der Waals surface area contributed by atoms with E-state index in [9.17, 15) is 9.59 Å². The average molecular weight is 331 g/mol. The van der Waals surface area contributed by atoms with Gasteiger partial charge in [0.25, 0.3) is 5.91 Å². The van der Waals surface area contributed by atoms with Gasteiger partial charge in [0.05, 0.1) is 23.2 Å². The molecule has 0 aliphatic heterocycles. The van der Waals surface area contributed by atoms with Crippen molar-refractivity contribution in [1.29, 1.82) is 0 Å². The number of aryl methyl sites for hydroxylation is 1. The second-order valence-electron chi connectivity index (χ2n) is 5.36. The highest BCUT2D eigenvalue weighted by atomic mass is 35.5. The van der Waals surface area contributed by atoms with Gasteiger partial charge in [0.15, 0.2) is 0 Å². The Bertz CT molecular complexity index is 698. The van der Waals surface area contributed by atoms with Crippen molar-refractivity contribution < 1.29 is 9.59 Å². The summed E-state index contributed by atoms with van der Waals surface area (Å²) in [7, 11) is 0. The predicted octanol–water partition coefficient (Wildman–Crippen LogP) is 3.26. The van der Waals surface area contributed by atoms with Crippen molar-refractivity contribution in [3.05, 3.63) is 70.2 Å². The van der Waals surface area contributed by atoms with Crippen LogP contribution in [0.3, 0.4) is 0 Å². The summed E-state index contributed by atoms with van der Waals surface area (Å²) in [5, 5.41) is 5.78. The van der Waals surface area contributed by atoms with Crippen molar-refractivity contribution in [3.8, 4) is 0 Å². The zero-order chi connectivity index (χ0) is 16.8. The summed E-state index contributed by atoms with van der Waals surface area (Å²) in [6, 6.07) is 14.5. The molecule has 4 nitrogen and oxygen atoms in total. The van der Waals surface area contributed by atoms with E-state index < -0.39 is 0 Å². The molecule has 2 N–H and O–H groups in total. The van der Waals surface area contributed by atoms with Crippen LogP contribution < -0.4 is 10.6 Å². The number of hydrogen-bond acceptors (Lipinski definition) is 2. The van der Waals surface area contributed by atoms with Gasteiger partial charge >= 0.3 is 0 Å². The molecule has 2 aromatic rings. The molecule has 0 aliphatic carbocycles. The Balaban J connectivity index is 1.86. The molecule has 0 heterocycles. The maximum absolute atomic E-state index is 12.0. The van der Waals surface area contributed by atoms with E-state index in [1.54, 1.807) is 24.3 Å². The van der Waals surface area contributed by atoms with Crippen LogP contribution in [-0.2, 0) is 4.79 Å². The fourth-order valence-corrected chi connectivity index (χ4v) is 2.35. The molecule has 23 heavy (non-hydrogen) atoms. The molecule has 0 spiro atoms. The van der Waals surface area contributed by atoms with Gasteiger partial charge < -0.3 is 10.6 Å². The van der Waals surface area contributed by atoms with Crippen LogP contribution >= 0.6 is 11.6 Å². The van der Waals surface area contributed by atoms with Crippen molar-refractivity contribution >= 4 is 23.4 Å². The molecule has 2 amide bonds. The Morgan fingerprint density at radius 3 is 2.39 bits per heavy atom. The highest BCUT2D eigenvalue weighted by Crippen LogP contribution is 2.14. The molecule has 5 heteroatoms. The van der Waals surface area contributed by atoms with Gasteiger partial charge in [-0.25, -0.2) is 0 Å². The third-order valence-electron chi connectivity index (χ3n) is 3.48. The standard InChI is InChI=1S/C18H19ClN2O2/c1-12-7-9-14(10-8-12)13(2)21-17(22)11-20-18(23)15-5-3-4-6-16(15)19/h3-10,13H,11H2,1-2H3,(H,20,23)(H,21,22). The van der Waals surface area contributed by atoms with Gasteiger partial charge in [0, 0.05) is 0 Å². The summed E-state index contributed by atoms with van der Waals surface area (Å²) in [4.78, 5) is 23.9. The maximum Gasteiger partial charge on any atom is 0.253 e. The number of hydrogen-bond donors (Lipinski definition) is 2. The fourth-order valence-electron chi connectivity index (χ4n) is 2.13. The van der Waals surface area contributed by atoms with Crippen LogP contribution in [0.5, 0.6) is 0 Å². The van der Waals surface area contributed by atoms with Crippen LogP contribution in [0, 0.1) is 6.92 Å². The van der Waals surface area contributed by atoms with Gasteiger partial charge in [-0.2, -0.15) is 0 Å². The number of rotatable bonds is 5. The number of benzene rings is 2. The SMILES string of the molecule is Cc1ccc(C(C)NC(=O)CNC(=O)c2ccccc2Cl)cc1. The van der Waals surface area contributed by atoms with E-state index in [2.05, 4.69) is 10.6 Å². The first-order valence-electron chi connectivity index (χ1n) is 7.36. The van der Waals surface area contributed by atoms with E-state index in [0.29, 0.717) is 10.6 Å². The lowest BCUT2D eigenvalue weighted by atomic mass is 10.1. The molecule has 1 atom stereocenters. The number of nitrogens with one attached hydrogen (secondary N) is 2.